The van der Waals surface area contributed by atoms with E-state index in [1.165, 1.54) is 10.3 Å². The van der Waals surface area contributed by atoms with Crippen molar-refractivity contribution in [2.24, 2.45) is 0 Å². The van der Waals surface area contributed by atoms with Crippen LogP contribution >= 0.6 is 11.3 Å². The molecule has 0 bridgehead atoms. The second-order valence-corrected chi connectivity index (χ2v) is 16.2. The molecule has 62 heavy (non-hydrogen) atoms. The molecule has 12 rings (SSSR count). The Balaban J connectivity index is 0.967. The van der Waals surface area contributed by atoms with E-state index in [2.05, 4.69) is 138 Å². The Morgan fingerprint density at radius 1 is 0.274 bits per heavy atom. The van der Waals surface area contributed by atoms with Gasteiger partial charge in [0.1, 0.15) is 0 Å². The monoisotopic (exact) mass is 811 g/mol. The molecular weight excluding hydrogens is 779 g/mol. The minimum atomic E-state index is 0.574. The van der Waals surface area contributed by atoms with Crippen molar-refractivity contribution in [2.75, 3.05) is 0 Å². The fraction of sp³-hybridized carbons (Fsp3) is 0. The lowest BCUT2D eigenvalue weighted by Gasteiger charge is -2.11. The van der Waals surface area contributed by atoms with Crippen LogP contribution in [-0.4, -0.2) is 34.5 Å². The molecular formula is C54H33N7S. The van der Waals surface area contributed by atoms with Crippen molar-refractivity contribution in [3.05, 3.63) is 200 Å². The van der Waals surface area contributed by atoms with E-state index < -0.39 is 0 Å². The summed E-state index contributed by atoms with van der Waals surface area (Å²) in [4.78, 5) is 30.5. The summed E-state index contributed by atoms with van der Waals surface area (Å²) in [5.41, 5.74) is 9.01. The van der Waals surface area contributed by atoms with Gasteiger partial charge in [0.25, 0.3) is 0 Å². The number of thiophene rings is 1. The van der Waals surface area contributed by atoms with Crippen LogP contribution in [0.4, 0.5) is 0 Å². The summed E-state index contributed by atoms with van der Waals surface area (Å²) in [5.74, 6) is 3.68. The molecule has 8 heteroatoms. The van der Waals surface area contributed by atoms with Gasteiger partial charge in [-0.3, -0.25) is 4.57 Å². The Morgan fingerprint density at radius 2 is 0.677 bits per heavy atom. The van der Waals surface area contributed by atoms with Gasteiger partial charge in [-0.05, 0) is 47.5 Å². The third-order valence-corrected chi connectivity index (χ3v) is 12.5. The highest BCUT2D eigenvalue weighted by Crippen LogP contribution is 2.39. The molecule has 0 N–H and O–H groups in total. The Bertz CT molecular complexity index is 3570. The molecule has 0 spiro atoms. The molecule has 7 nitrogen and oxygen atoms in total. The molecule has 0 radical (unpaired) electrons. The Morgan fingerprint density at radius 3 is 1.27 bits per heavy atom. The van der Waals surface area contributed by atoms with E-state index in [9.17, 15) is 0 Å². The van der Waals surface area contributed by atoms with E-state index >= 15 is 0 Å². The lowest BCUT2D eigenvalue weighted by molar-refractivity contribution is 0.954. The van der Waals surface area contributed by atoms with Gasteiger partial charge in [0.15, 0.2) is 29.1 Å². The number of benzene rings is 8. The summed E-state index contributed by atoms with van der Waals surface area (Å²) >= 11 is 1.75. The highest BCUT2D eigenvalue weighted by molar-refractivity contribution is 7.25. The van der Waals surface area contributed by atoms with Crippen molar-refractivity contribution < 1.29 is 0 Å². The van der Waals surface area contributed by atoms with Crippen LogP contribution < -0.4 is 0 Å². The minimum absolute atomic E-state index is 0.574. The molecule has 0 aliphatic heterocycles. The smallest absolute Gasteiger partial charge is 0.238 e. The summed E-state index contributed by atoms with van der Waals surface area (Å²) in [6, 6.07) is 68.9. The molecule has 0 unspecified atom stereocenters. The Hall–Kier alpha value is -8.20. The second kappa shape index (κ2) is 14.8. The normalized spacial score (nSPS) is 11.5. The zero-order valence-corrected chi connectivity index (χ0v) is 33.9. The zero-order chi connectivity index (χ0) is 41.0. The molecule has 4 aromatic heterocycles. The van der Waals surface area contributed by atoms with Crippen molar-refractivity contribution in [1.82, 2.24) is 34.5 Å². The molecule has 0 aliphatic carbocycles. The summed E-state index contributed by atoms with van der Waals surface area (Å²) in [6.07, 6.45) is 0. The molecule has 12 aromatic rings. The third-order valence-electron chi connectivity index (χ3n) is 11.3. The highest BCUT2D eigenvalue weighted by Gasteiger charge is 2.19. The standard InChI is InChI=1S/C54H33N7S/c1-4-14-34(15-5-1)35-24-26-38(27-25-35)50-55-49(36-16-6-2-7-17-36)56-52(57-50)40-28-30-43-44-32-39(29-31-47(44)62-48(43)33-40)53-58-51(37-18-8-3-9-19-37)59-54(60-53)61-45-22-12-10-20-41(45)42-21-11-13-23-46(42)61/h1-33H. The largest absolute Gasteiger partial charge is 0.278 e. The van der Waals surface area contributed by atoms with Crippen LogP contribution in [-0.2, 0) is 0 Å². The molecule has 0 saturated heterocycles. The molecule has 0 fully saturated rings. The fourth-order valence-corrected chi connectivity index (χ4v) is 9.42. The summed E-state index contributed by atoms with van der Waals surface area (Å²) in [6.45, 7) is 0. The van der Waals surface area contributed by atoms with Gasteiger partial charge in [-0.25, -0.2) is 19.9 Å². The maximum absolute atomic E-state index is 5.21. The van der Waals surface area contributed by atoms with Crippen LogP contribution in [0.3, 0.4) is 0 Å². The van der Waals surface area contributed by atoms with Crippen LogP contribution in [0.1, 0.15) is 0 Å². The van der Waals surface area contributed by atoms with Crippen molar-refractivity contribution >= 4 is 53.3 Å². The first-order valence-corrected chi connectivity index (χ1v) is 21.3. The number of fused-ring (bicyclic) bond motifs is 6. The first-order chi connectivity index (χ1) is 30.7. The Kier molecular flexibility index (Phi) is 8.53. The van der Waals surface area contributed by atoms with Crippen molar-refractivity contribution in [3.63, 3.8) is 0 Å². The summed E-state index contributed by atoms with van der Waals surface area (Å²) in [5, 5.41) is 4.58. The van der Waals surface area contributed by atoms with Crippen molar-refractivity contribution in [1.29, 1.82) is 0 Å². The number of rotatable bonds is 7. The first-order valence-electron chi connectivity index (χ1n) is 20.4. The van der Waals surface area contributed by atoms with Crippen LogP contribution in [0.2, 0.25) is 0 Å². The number of para-hydroxylation sites is 2. The molecule has 4 heterocycles. The first kappa shape index (κ1) is 35.7. The van der Waals surface area contributed by atoms with Crippen LogP contribution in [0.5, 0.6) is 0 Å². The van der Waals surface area contributed by atoms with Gasteiger partial charge in [-0.15, -0.1) is 11.3 Å². The number of aromatic nitrogens is 7. The minimum Gasteiger partial charge on any atom is -0.278 e. The van der Waals surface area contributed by atoms with E-state index in [1.807, 2.05) is 66.7 Å². The summed E-state index contributed by atoms with van der Waals surface area (Å²) in [7, 11) is 0. The number of nitrogens with zero attached hydrogens (tertiary/aromatic N) is 7. The highest BCUT2D eigenvalue weighted by atomic mass is 32.1. The maximum atomic E-state index is 5.21. The van der Waals surface area contributed by atoms with Crippen molar-refractivity contribution in [3.8, 4) is 74.0 Å². The van der Waals surface area contributed by atoms with Crippen LogP contribution in [0.25, 0.3) is 116 Å². The SMILES string of the molecule is c1ccc(-c2ccc(-c3nc(-c4ccccc4)nc(-c4ccc5c(c4)sc4ccc(-c6nc(-c7ccccc7)nc(-n7c8ccccc8c8ccccc87)n6)cc45)n3)cc2)cc1. The topological polar surface area (TPSA) is 82.3 Å². The second-order valence-electron chi connectivity index (χ2n) is 15.2. The zero-order valence-electron chi connectivity index (χ0n) is 33.1. The average molecular weight is 812 g/mol. The van der Waals surface area contributed by atoms with Gasteiger partial charge in [0.05, 0.1) is 11.0 Å². The molecule has 0 atom stereocenters. The molecule has 8 aromatic carbocycles. The number of hydrogen-bond acceptors (Lipinski definition) is 7. The average Bonchev–Trinajstić information content (AvgIpc) is 3.89. The van der Waals surface area contributed by atoms with E-state index in [0.717, 1.165) is 70.7 Å². The van der Waals surface area contributed by atoms with Gasteiger partial charge >= 0.3 is 0 Å². The quantitative estimate of drug-likeness (QED) is 0.159. The predicted molar refractivity (Wildman–Crippen MR) is 253 cm³/mol. The van der Waals surface area contributed by atoms with E-state index in [4.69, 9.17) is 29.9 Å². The van der Waals surface area contributed by atoms with Crippen LogP contribution in [0.15, 0.2) is 200 Å². The van der Waals surface area contributed by atoms with Crippen molar-refractivity contribution in [2.45, 2.75) is 0 Å². The van der Waals surface area contributed by atoms with Gasteiger partial charge in [-0.2, -0.15) is 9.97 Å². The third kappa shape index (κ3) is 6.29. The molecule has 290 valence electrons. The van der Waals surface area contributed by atoms with E-state index in [1.54, 1.807) is 11.3 Å². The molecule has 0 aliphatic rings. The predicted octanol–water partition coefficient (Wildman–Crippen LogP) is 13.5. The van der Waals surface area contributed by atoms with E-state index in [-0.39, 0.29) is 0 Å². The fourth-order valence-electron chi connectivity index (χ4n) is 8.30. The molecule has 0 amide bonds. The van der Waals surface area contributed by atoms with Gasteiger partial charge < -0.3 is 0 Å². The van der Waals surface area contributed by atoms with Gasteiger partial charge in [0.2, 0.25) is 5.95 Å². The van der Waals surface area contributed by atoms with Gasteiger partial charge in [-0.1, -0.05) is 164 Å². The van der Waals surface area contributed by atoms with E-state index in [0.29, 0.717) is 35.1 Å². The lowest BCUT2D eigenvalue weighted by Crippen LogP contribution is -2.06. The molecule has 0 saturated carbocycles. The Labute approximate surface area is 360 Å². The van der Waals surface area contributed by atoms with Gasteiger partial charge in [0, 0.05) is 58.8 Å². The maximum Gasteiger partial charge on any atom is 0.238 e. The van der Waals surface area contributed by atoms with Crippen LogP contribution in [0, 0.1) is 0 Å². The lowest BCUT2D eigenvalue weighted by atomic mass is 10.0. The summed E-state index contributed by atoms with van der Waals surface area (Å²) < 4.78 is 4.45. The number of hydrogen-bond donors (Lipinski definition) is 0.